The molecule has 0 bridgehead atoms. The lowest BCUT2D eigenvalue weighted by atomic mass is 10.1. The molecule has 0 aliphatic heterocycles. The predicted molar refractivity (Wildman–Crippen MR) is 91.3 cm³/mol. The van der Waals surface area contributed by atoms with Crippen molar-refractivity contribution in [3.05, 3.63) is 77.9 Å². The summed E-state index contributed by atoms with van der Waals surface area (Å²) in [5, 5.41) is 6.97. The van der Waals surface area contributed by atoms with E-state index < -0.39 is 23.4 Å². The smallest absolute Gasteiger partial charge is 0.254 e. The third-order valence-electron chi connectivity index (χ3n) is 3.62. The number of benzene rings is 3. The molecule has 0 radical (unpaired) electrons. The molecule has 0 unspecified atom stereocenters. The predicted octanol–water partition coefficient (Wildman–Crippen LogP) is 3.49. The Morgan fingerprint density at radius 1 is 0.880 bits per heavy atom. The minimum atomic E-state index is -0.979. The molecule has 0 aliphatic carbocycles. The van der Waals surface area contributed by atoms with Crippen molar-refractivity contribution in [2.24, 2.45) is 0 Å². The Hall–Kier alpha value is -3.28. The molecule has 0 saturated carbocycles. The highest BCUT2D eigenvalue weighted by Crippen LogP contribution is 2.18. The van der Waals surface area contributed by atoms with Crippen LogP contribution in [0.2, 0.25) is 0 Å². The van der Waals surface area contributed by atoms with Crippen LogP contribution in [0.4, 0.5) is 14.5 Å². The van der Waals surface area contributed by atoms with E-state index in [1.807, 2.05) is 36.4 Å². The van der Waals surface area contributed by atoms with E-state index in [1.54, 1.807) is 6.07 Å². The number of amides is 2. The molecule has 2 amide bonds. The number of halogens is 2. The Morgan fingerprint density at radius 2 is 1.64 bits per heavy atom. The fourth-order valence-corrected chi connectivity index (χ4v) is 2.40. The number of fused-ring (bicyclic) bond motifs is 1. The molecule has 0 spiro atoms. The molecule has 25 heavy (non-hydrogen) atoms. The van der Waals surface area contributed by atoms with Gasteiger partial charge in [0.2, 0.25) is 5.91 Å². The Balaban J connectivity index is 1.61. The van der Waals surface area contributed by atoms with Crippen LogP contribution in [0.15, 0.2) is 60.7 Å². The second kappa shape index (κ2) is 7.09. The van der Waals surface area contributed by atoms with Crippen molar-refractivity contribution in [3.63, 3.8) is 0 Å². The van der Waals surface area contributed by atoms with E-state index in [-0.39, 0.29) is 12.1 Å². The van der Waals surface area contributed by atoms with Gasteiger partial charge in [0.25, 0.3) is 5.91 Å². The second-order valence-corrected chi connectivity index (χ2v) is 5.42. The summed E-state index contributed by atoms with van der Waals surface area (Å²) in [5.41, 5.74) is 0.269. The highest BCUT2D eigenvalue weighted by Gasteiger charge is 2.13. The van der Waals surface area contributed by atoms with Crippen molar-refractivity contribution in [1.29, 1.82) is 0 Å². The van der Waals surface area contributed by atoms with Gasteiger partial charge in [0, 0.05) is 11.8 Å². The highest BCUT2D eigenvalue weighted by molar-refractivity contribution is 6.00. The molecule has 6 heteroatoms. The van der Waals surface area contributed by atoms with Crippen LogP contribution in [0.25, 0.3) is 10.8 Å². The van der Waals surface area contributed by atoms with Gasteiger partial charge in [-0.05, 0) is 35.0 Å². The maximum Gasteiger partial charge on any atom is 0.254 e. The second-order valence-electron chi connectivity index (χ2n) is 5.42. The van der Waals surface area contributed by atoms with E-state index in [4.69, 9.17) is 0 Å². The van der Waals surface area contributed by atoms with Gasteiger partial charge in [-0.1, -0.05) is 30.3 Å². The Morgan fingerprint density at radius 3 is 2.40 bits per heavy atom. The molecule has 0 fully saturated rings. The molecule has 3 aromatic carbocycles. The summed E-state index contributed by atoms with van der Waals surface area (Å²) in [6, 6.07) is 15.8. The van der Waals surface area contributed by atoms with Crippen LogP contribution >= 0.6 is 0 Å². The quantitative estimate of drug-likeness (QED) is 0.764. The number of hydrogen-bond acceptors (Lipinski definition) is 2. The SMILES string of the molecule is O=C(CNC(=O)c1ccc(F)cc1F)Nc1ccc2ccccc2c1. The third kappa shape index (κ3) is 3.98. The Labute approximate surface area is 142 Å². The molecule has 4 nitrogen and oxygen atoms in total. The molecule has 0 aliphatic rings. The van der Waals surface area contributed by atoms with Crippen LogP contribution in [-0.4, -0.2) is 18.4 Å². The first-order valence-corrected chi connectivity index (χ1v) is 7.55. The average molecular weight is 340 g/mol. The van der Waals surface area contributed by atoms with Gasteiger partial charge in [-0.3, -0.25) is 9.59 Å². The van der Waals surface area contributed by atoms with Crippen molar-refractivity contribution in [3.8, 4) is 0 Å². The van der Waals surface area contributed by atoms with Gasteiger partial charge in [0.05, 0.1) is 12.1 Å². The number of carbonyl (C=O) groups excluding carboxylic acids is 2. The fourth-order valence-electron chi connectivity index (χ4n) is 2.40. The Bertz CT molecular complexity index is 957. The number of carbonyl (C=O) groups is 2. The molecule has 3 aromatic rings. The molecule has 3 rings (SSSR count). The molecule has 126 valence electrons. The summed E-state index contributed by atoms with van der Waals surface area (Å²) in [6.45, 7) is -0.331. The van der Waals surface area contributed by atoms with Crippen molar-refractivity contribution >= 4 is 28.3 Å². The summed E-state index contributed by atoms with van der Waals surface area (Å²) < 4.78 is 26.4. The molecular weight excluding hydrogens is 326 g/mol. The molecule has 2 N–H and O–H groups in total. The number of nitrogens with one attached hydrogen (secondary N) is 2. The van der Waals surface area contributed by atoms with Crippen molar-refractivity contribution in [2.45, 2.75) is 0 Å². The van der Waals surface area contributed by atoms with E-state index in [2.05, 4.69) is 10.6 Å². The summed E-state index contributed by atoms with van der Waals surface area (Å²) in [4.78, 5) is 23.8. The maximum atomic E-state index is 13.5. The topological polar surface area (TPSA) is 58.2 Å². The van der Waals surface area contributed by atoms with E-state index in [1.165, 1.54) is 0 Å². The molecule has 0 saturated heterocycles. The summed E-state index contributed by atoms with van der Waals surface area (Å²) in [7, 11) is 0. The Kier molecular flexibility index (Phi) is 4.70. The van der Waals surface area contributed by atoms with E-state index in [9.17, 15) is 18.4 Å². The third-order valence-corrected chi connectivity index (χ3v) is 3.62. The molecule has 0 atom stereocenters. The summed E-state index contributed by atoms with van der Waals surface area (Å²) in [6.07, 6.45) is 0. The first kappa shape index (κ1) is 16.6. The van der Waals surface area contributed by atoms with Crippen molar-refractivity contribution < 1.29 is 18.4 Å². The van der Waals surface area contributed by atoms with Crippen molar-refractivity contribution in [2.75, 3.05) is 11.9 Å². The van der Waals surface area contributed by atoms with Gasteiger partial charge in [0.1, 0.15) is 11.6 Å². The molecule has 0 aromatic heterocycles. The van der Waals surface area contributed by atoms with Gasteiger partial charge in [-0.25, -0.2) is 8.78 Å². The first-order chi connectivity index (χ1) is 12.0. The summed E-state index contributed by atoms with van der Waals surface area (Å²) >= 11 is 0. The van der Waals surface area contributed by atoms with Crippen LogP contribution in [0.5, 0.6) is 0 Å². The normalized spacial score (nSPS) is 10.5. The van der Waals surface area contributed by atoms with Crippen LogP contribution in [0, 0.1) is 11.6 Å². The monoisotopic (exact) mass is 340 g/mol. The van der Waals surface area contributed by atoms with E-state index in [0.717, 1.165) is 22.9 Å². The summed E-state index contributed by atoms with van der Waals surface area (Å²) in [5.74, 6) is -2.99. The van der Waals surface area contributed by atoms with Crippen LogP contribution in [0.3, 0.4) is 0 Å². The van der Waals surface area contributed by atoms with Crippen LogP contribution < -0.4 is 10.6 Å². The van der Waals surface area contributed by atoms with E-state index in [0.29, 0.717) is 11.8 Å². The van der Waals surface area contributed by atoms with Crippen molar-refractivity contribution in [1.82, 2.24) is 5.32 Å². The zero-order valence-corrected chi connectivity index (χ0v) is 13.1. The number of hydrogen-bond donors (Lipinski definition) is 2. The lowest BCUT2D eigenvalue weighted by molar-refractivity contribution is -0.115. The number of rotatable bonds is 4. The maximum absolute atomic E-state index is 13.5. The van der Waals surface area contributed by atoms with Gasteiger partial charge < -0.3 is 10.6 Å². The zero-order chi connectivity index (χ0) is 17.8. The van der Waals surface area contributed by atoms with Gasteiger partial charge >= 0.3 is 0 Å². The van der Waals surface area contributed by atoms with Gasteiger partial charge in [-0.2, -0.15) is 0 Å². The van der Waals surface area contributed by atoms with E-state index >= 15 is 0 Å². The fraction of sp³-hybridized carbons (Fsp3) is 0.0526. The minimum Gasteiger partial charge on any atom is -0.343 e. The largest absolute Gasteiger partial charge is 0.343 e. The van der Waals surface area contributed by atoms with Crippen LogP contribution in [-0.2, 0) is 4.79 Å². The first-order valence-electron chi connectivity index (χ1n) is 7.55. The molecule has 0 heterocycles. The lowest BCUT2D eigenvalue weighted by Gasteiger charge is -2.08. The molecular formula is C19H14F2N2O2. The highest BCUT2D eigenvalue weighted by atomic mass is 19.1. The number of anilines is 1. The van der Waals surface area contributed by atoms with Gasteiger partial charge in [-0.15, -0.1) is 0 Å². The lowest BCUT2D eigenvalue weighted by Crippen LogP contribution is -2.33. The van der Waals surface area contributed by atoms with Crippen LogP contribution in [0.1, 0.15) is 10.4 Å². The zero-order valence-electron chi connectivity index (χ0n) is 13.1. The van der Waals surface area contributed by atoms with Gasteiger partial charge in [0.15, 0.2) is 0 Å². The average Bonchev–Trinajstić information content (AvgIpc) is 2.59. The minimum absolute atomic E-state index is 0.320. The standard InChI is InChI=1S/C19H14F2N2O2/c20-14-6-8-16(17(21)10-14)19(25)22-11-18(24)23-15-7-5-12-3-1-2-4-13(12)9-15/h1-10H,11H2,(H,22,25)(H,23,24).